The van der Waals surface area contributed by atoms with Gasteiger partial charge in [-0.25, -0.2) is 4.39 Å². The van der Waals surface area contributed by atoms with Gasteiger partial charge in [0.1, 0.15) is 24.2 Å². The topological polar surface area (TPSA) is 59.6 Å². The lowest BCUT2D eigenvalue weighted by molar-refractivity contribution is -0.126. The fourth-order valence-corrected chi connectivity index (χ4v) is 2.73. The minimum absolute atomic E-state index is 0. The maximum Gasteiger partial charge on any atom is 0.240 e. The van der Waals surface area contributed by atoms with E-state index in [4.69, 9.17) is 9.47 Å². The van der Waals surface area contributed by atoms with E-state index in [2.05, 4.69) is 10.6 Å². The molecule has 0 bridgehead atoms. The average molecular weight is 395 g/mol. The fraction of sp³-hybridized carbons (Fsp3) is 0.350. The number of carbonyl (C=O) groups is 1. The van der Waals surface area contributed by atoms with E-state index in [9.17, 15) is 9.18 Å². The molecule has 5 nitrogen and oxygen atoms in total. The molecule has 2 aromatic rings. The summed E-state index contributed by atoms with van der Waals surface area (Å²) in [6.45, 7) is 4.04. The van der Waals surface area contributed by atoms with Gasteiger partial charge in [0.2, 0.25) is 5.91 Å². The quantitative estimate of drug-likeness (QED) is 0.790. The number of hydrogen-bond donors (Lipinski definition) is 2. The number of amides is 1. The van der Waals surface area contributed by atoms with Gasteiger partial charge in [0, 0.05) is 6.54 Å². The van der Waals surface area contributed by atoms with Crippen molar-refractivity contribution in [1.29, 1.82) is 0 Å². The Balaban J connectivity index is 0.00000261. The number of benzene rings is 2. The summed E-state index contributed by atoms with van der Waals surface area (Å²) in [5.41, 5.74) is 1.89. The lowest BCUT2D eigenvalue weighted by Gasteiger charge is -2.25. The Bertz CT molecular complexity index is 719. The molecule has 0 radical (unpaired) electrons. The number of nitrogens with one attached hydrogen (secondary N) is 2. The molecule has 1 heterocycles. The molecule has 1 amide bonds. The van der Waals surface area contributed by atoms with Crippen LogP contribution in [0.4, 0.5) is 4.39 Å². The Morgan fingerprint density at radius 3 is 2.59 bits per heavy atom. The van der Waals surface area contributed by atoms with Crippen LogP contribution < -0.4 is 15.4 Å². The lowest BCUT2D eigenvalue weighted by atomic mass is 10.1. The second-order valence-electron chi connectivity index (χ2n) is 6.30. The third-order valence-corrected chi connectivity index (χ3v) is 4.30. The highest BCUT2D eigenvalue weighted by atomic mass is 35.5. The van der Waals surface area contributed by atoms with E-state index in [1.54, 1.807) is 12.1 Å². The van der Waals surface area contributed by atoms with Crippen molar-refractivity contribution in [2.75, 3.05) is 19.8 Å². The fourth-order valence-electron chi connectivity index (χ4n) is 2.73. The van der Waals surface area contributed by atoms with E-state index in [0.717, 1.165) is 16.9 Å². The number of hydrogen-bond acceptors (Lipinski definition) is 4. The van der Waals surface area contributed by atoms with E-state index >= 15 is 0 Å². The van der Waals surface area contributed by atoms with E-state index in [1.165, 1.54) is 12.1 Å². The molecule has 146 valence electrons. The first-order chi connectivity index (χ1) is 12.6. The van der Waals surface area contributed by atoms with Crippen LogP contribution in [-0.2, 0) is 16.1 Å². The maximum absolute atomic E-state index is 12.9. The normalized spacial score (nSPS) is 17.5. The van der Waals surface area contributed by atoms with Crippen molar-refractivity contribution in [3.63, 3.8) is 0 Å². The molecule has 1 aliphatic rings. The molecule has 7 heteroatoms. The third-order valence-electron chi connectivity index (χ3n) is 4.30. The van der Waals surface area contributed by atoms with Gasteiger partial charge >= 0.3 is 0 Å². The van der Waals surface area contributed by atoms with Gasteiger partial charge in [0.05, 0.1) is 19.3 Å². The van der Waals surface area contributed by atoms with Crippen LogP contribution in [0.25, 0.3) is 0 Å². The summed E-state index contributed by atoms with van der Waals surface area (Å²) >= 11 is 0. The van der Waals surface area contributed by atoms with Crippen LogP contribution in [0.3, 0.4) is 0 Å². The summed E-state index contributed by atoms with van der Waals surface area (Å²) in [5.74, 6) is 0.400. The summed E-state index contributed by atoms with van der Waals surface area (Å²) in [6, 6.07) is 13.4. The van der Waals surface area contributed by atoms with Crippen molar-refractivity contribution in [3.8, 4) is 5.75 Å². The van der Waals surface area contributed by atoms with Crippen LogP contribution in [-0.4, -0.2) is 31.7 Å². The highest BCUT2D eigenvalue weighted by molar-refractivity contribution is 5.85. The highest BCUT2D eigenvalue weighted by Gasteiger charge is 2.22. The lowest BCUT2D eigenvalue weighted by Crippen LogP contribution is -2.51. The molecule has 1 fully saturated rings. The van der Waals surface area contributed by atoms with Gasteiger partial charge in [-0.1, -0.05) is 24.3 Å². The standard InChI is InChI=1S/C20H23FN2O3.ClH/c1-14(23-20(24)19-13-25-11-10-22-19)16-4-8-18(9-5-16)26-12-15-2-6-17(21)7-3-15;/h2-9,14,19,22H,10-13H2,1H3,(H,23,24);1H. The van der Waals surface area contributed by atoms with Gasteiger partial charge in [-0.05, 0) is 42.3 Å². The van der Waals surface area contributed by atoms with Crippen LogP contribution >= 0.6 is 12.4 Å². The third kappa shape index (κ3) is 6.20. The SMILES string of the molecule is CC(NC(=O)C1COCCN1)c1ccc(OCc2ccc(F)cc2)cc1.Cl. The Labute approximate surface area is 164 Å². The predicted molar refractivity (Wildman–Crippen MR) is 104 cm³/mol. The Hall–Kier alpha value is -2.15. The molecule has 0 aromatic heterocycles. The second kappa shape index (κ2) is 10.3. The molecule has 2 N–H and O–H groups in total. The first-order valence-electron chi connectivity index (χ1n) is 8.70. The van der Waals surface area contributed by atoms with Crippen LogP contribution in [0.1, 0.15) is 24.1 Å². The van der Waals surface area contributed by atoms with Crippen LogP contribution in [0.5, 0.6) is 5.75 Å². The van der Waals surface area contributed by atoms with Crippen molar-refractivity contribution >= 4 is 18.3 Å². The Morgan fingerprint density at radius 2 is 1.96 bits per heavy atom. The molecule has 2 atom stereocenters. The summed E-state index contributed by atoms with van der Waals surface area (Å²) in [6.07, 6.45) is 0. The van der Waals surface area contributed by atoms with Gasteiger partial charge in [0.25, 0.3) is 0 Å². The van der Waals surface area contributed by atoms with E-state index < -0.39 is 0 Å². The zero-order valence-electron chi connectivity index (χ0n) is 15.1. The van der Waals surface area contributed by atoms with E-state index in [0.29, 0.717) is 26.4 Å². The molecule has 3 rings (SSSR count). The van der Waals surface area contributed by atoms with Crippen LogP contribution in [0.15, 0.2) is 48.5 Å². The minimum Gasteiger partial charge on any atom is -0.489 e. The molecule has 2 unspecified atom stereocenters. The van der Waals surface area contributed by atoms with Crippen molar-refractivity contribution in [2.24, 2.45) is 0 Å². The molecule has 1 saturated heterocycles. The van der Waals surface area contributed by atoms with Crippen molar-refractivity contribution in [3.05, 3.63) is 65.5 Å². The zero-order chi connectivity index (χ0) is 18.4. The number of carbonyl (C=O) groups excluding carboxylic acids is 1. The molecule has 0 aliphatic carbocycles. The number of rotatable bonds is 6. The summed E-state index contributed by atoms with van der Waals surface area (Å²) in [4.78, 5) is 12.2. The molecule has 0 saturated carbocycles. The number of halogens is 2. The van der Waals surface area contributed by atoms with Crippen molar-refractivity contribution in [1.82, 2.24) is 10.6 Å². The first-order valence-corrected chi connectivity index (χ1v) is 8.70. The van der Waals surface area contributed by atoms with Crippen molar-refractivity contribution < 1.29 is 18.7 Å². The largest absolute Gasteiger partial charge is 0.489 e. The summed E-state index contributed by atoms with van der Waals surface area (Å²) in [5, 5.41) is 6.13. The van der Waals surface area contributed by atoms with Gasteiger partial charge in [-0.2, -0.15) is 0 Å². The molecule has 27 heavy (non-hydrogen) atoms. The van der Waals surface area contributed by atoms with Crippen molar-refractivity contribution in [2.45, 2.75) is 25.6 Å². The van der Waals surface area contributed by atoms with Crippen LogP contribution in [0, 0.1) is 5.82 Å². The monoisotopic (exact) mass is 394 g/mol. The molecular formula is C20H24ClFN2O3. The molecule has 0 spiro atoms. The Morgan fingerprint density at radius 1 is 1.26 bits per heavy atom. The zero-order valence-corrected chi connectivity index (χ0v) is 15.9. The predicted octanol–water partition coefficient (Wildman–Crippen LogP) is 2.99. The number of morpholine rings is 1. The van der Waals surface area contributed by atoms with E-state index in [1.807, 2.05) is 31.2 Å². The second-order valence-corrected chi connectivity index (χ2v) is 6.30. The first kappa shape index (κ1) is 21.2. The molecular weight excluding hydrogens is 371 g/mol. The highest BCUT2D eigenvalue weighted by Crippen LogP contribution is 2.19. The van der Waals surface area contributed by atoms with Crippen LogP contribution in [0.2, 0.25) is 0 Å². The minimum atomic E-state index is -0.301. The molecule has 2 aromatic carbocycles. The number of ether oxygens (including phenoxy) is 2. The smallest absolute Gasteiger partial charge is 0.240 e. The van der Waals surface area contributed by atoms with Gasteiger partial charge in [0.15, 0.2) is 0 Å². The molecule has 1 aliphatic heterocycles. The Kier molecular flexibility index (Phi) is 8.03. The summed E-state index contributed by atoms with van der Waals surface area (Å²) < 4.78 is 23.9. The summed E-state index contributed by atoms with van der Waals surface area (Å²) in [7, 11) is 0. The van der Waals surface area contributed by atoms with Gasteiger partial charge in [-0.15, -0.1) is 12.4 Å². The van der Waals surface area contributed by atoms with Gasteiger partial charge < -0.3 is 20.1 Å². The maximum atomic E-state index is 12.9. The van der Waals surface area contributed by atoms with E-state index in [-0.39, 0.29) is 36.2 Å². The van der Waals surface area contributed by atoms with Gasteiger partial charge in [-0.3, -0.25) is 4.79 Å². The average Bonchev–Trinajstić information content (AvgIpc) is 2.68.